The molecule has 2 N–H and O–H groups in total. The van der Waals surface area contributed by atoms with E-state index in [-0.39, 0.29) is 26.2 Å². The number of amides is 4. The van der Waals surface area contributed by atoms with Gasteiger partial charge in [-0.3, -0.25) is 24.1 Å². The minimum absolute atomic E-state index is 0.180. The van der Waals surface area contributed by atoms with Gasteiger partial charge < -0.3 is 25.3 Å². The van der Waals surface area contributed by atoms with Gasteiger partial charge in [-0.25, -0.2) is 0 Å². The van der Waals surface area contributed by atoms with E-state index in [9.17, 15) is 19.2 Å². The molecule has 0 bridgehead atoms. The van der Waals surface area contributed by atoms with Crippen LogP contribution >= 0.6 is 0 Å². The lowest BCUT2D eigenvalue weighted by atomic mass is 10.1. The molecular weight excluding hydrogens is 412 g/mol. The molecule has 2 heterocycles. The number of nitrogens with two attached hydrogens (primary N) is 1. The molecule has 10 heteroatoms. The average molecular weight is 445 g/mol. The molecule has 1 aromatic rings. The van der Waals surface area contributed by atoms with E-state index in [2.05, 4.69) is 29.0 Å². The van der Waals surface area contributed by atoms with Crippen molar-refractivity contribution < 1.29 is 19.2 Å². The van der Waals surface area contributed by atoms with Gasteiger partial charge in [0.15, 0.2) is 0 Å². The number of carbonyl (C=O) groups excluding carboxylic acids is 4. The summed E-state index contributed by atoms with van der Waals surface area (Å²) in [5, 5.41) is 0. The molecule has 2 saturated heterocycles. The predicted molar refractivity (Wildman–Crippen MR) is 118 cm³/mol. The average Bonchev–Trinajstić information content (AvgIpc) is 2.76. The lowest BCUT2D eigenvalue weighted by Gasteiger charge is -2.33. The highest BCUT2D eigenvalue weighted by Gasteiger charge is 2.32. The standard InChI is InChI=1S/C22H32N6O4/c1-24-7-9-26(10-8-24)14-18-5-3-17(4-6-18)13-25(2)21(31)22(32)28-12-11-27(15-19(23)29)20(30)16-28/h3-6H,7-16H2,1-2H3,(H2,23,29). The third-order valence-electron chi connectivity index (χ3n) is 5.93. The van der Waals surface area contributed by atoms with E-state index in [1.807, 2.05) is 12.1 Å². The zero-order valence-electron chi connectivity index (χ0n) is 18.8. The van der Waals surface area contributed by atoms with E-state index in [0.29, 0.717) is 6.54 Å². The zero-order valence-corrected chi connectivity index (χ0v) is 18.8. The van der Waals surface area contributed by atoms with Gasteiger partial charge in [0.2, 0.25) is 11.8 Å². The number of primary amides is 1. The second-order valence-electron chi connectivity index (χ2n) is 8.57. The first-order valence-corrected chi connectivity index (χ1v) is 10.8. The smallest absolute Gasteiger partial charge is 0.312 e. The normalized spacial score (nSPS) is 18.0. The van der Waals surface area contributed by atoms with Crippen molar-refractivity contribution in [1.82, 2.24) is 24.5 Å². The van der Waals surface area contributed by atoms with Crippen molar-refractivity contribution in [1.29, 1.82) is 0 Å². The summed E-state index contributed by atoms with van der Waals surface area (Å²) in [6, 6.07) is 8.08. The maximum absolute atomic E-state index is 12.6. The van der Waals surface area contributed by atoms with Crippen LogP contribution in [0, 0.1) is 0 Å². The SMILES string of the molecule is CN1CCN(Cc2ccc(CN(C)C(=O)C(=O)N3CCN(CC(N)=O)C(=O)C3)cc2)CC1. The van der Waals surface area contributed by atoms with Crippen molar-refractivity contribution in [2.24, 2.45) is 5.73 Å². The second-order valence-corrected chi connectivity index (χ2v) is 8.57. The van der Waals surface area contributed by atoms with Crippen LogP contribution in [-0.2, 0) is 32.3 Å². The first-order chi connectivity index (χ1) is 15.2. The van der Waals surface area contributed by atoms with E-state index in [1.165, 1.54) is 20.3 Å². The van der Waals surface area contributed by atoms with Crippen LogP contribution in [-0.4, -0.2) is 115 Å². The van der Waals surface area contributed by atoms with Gasteiger partial charge in [-0.2, -0.15) is 0 Å². The summed E-state index contributed by atoms with van der Waals surface area (Å²) in [6.07, 6.45) is 0. The Balaban J connectivity index is 1.49. The quantitative estimate of drug-likeness (QED) is 0.538. The first-order valence-electron chi connectivity index (χ1n) is 10.8. The van der Waals surface area contributed by atoms with Gasteiger partial charge in [0, 0.05) is 59.4 Å². The number of hydrogen-bond acceptors (Lipinski definition) is 6. The maximum atomic E-state index is 12.6. The van der Waals surface area contributed by atoms with Crippen LogP contribution in [0.25, 0.3) is 0 Å². The molecule has 1 aromatic carbocycles. The molecule has 0 radical (unpaired) electrons. The lowest BCUT2D eigenvalue weighted by Crippen LogP contribution is -2.56. The summed E-state index contributed by atoms with van der Waals surface area (Å²) in [6.45, 7) is 5.42. The van der Waals surface area contributed by atoms with Crippen molar-refractivity contribution in [2.75, 3.05) is 66.5 Å². The molecule has 2 aliphatic heterocycles. The molecule has 0 aromatic heterocycles. The third kappa shape index (κ3) is 6.27. The molecule has 3 rings (SSSR count). The topological polar surface area (TPSA) is 110 Å². The Morgan fingerprint density at radius 3 is 2.19 bits per heavy atom. The second kappa shape index (κ2) is 10.6. The number of carbonyl (C=O) groups is 4. The number of hydrogen-bond donors (Lipinski definition) is 1. The van der Waals surface area contributed by atoms with E-state index in [4.69, 9.17) is 5.73 Å². The van der Waals surface area contributed by atoms with E-state index < -0.39 is 23.6 Å². The van der Waals surface area contributed by atoms with E-state index >= 15 is 0 Å². The lowest BCUT2D eigenvalue weighted by molar-refractivity contribution is -0.155. The van der Waals surface area contributed by atoms with Crippen molar-refractivity contribution in [3.05, 3.63) is 35.4 Å². The number of benzene rings is 1. The molecule has 4 amide bonds. The van der Waals surface area contributed by atoms with Crippen LogP contribution in [0.3, 0.4) is 0 Å². The molecule has 2 aliphatic rings. The number of likely N-dealkylation sites (N-methyl/N-ethyl adjacent to an activating group) is 2. The number of nitrogens with zero attached hydrogens (tertiary/aromatic N) is 5. The highest BCUT2D eigenvalue weighted by atomic mass is 16.2. The molecule has 0 spiro atoms. The Kier molecular flexibility index (Phi) is 7.81. The Hall–Kier alpha value is -2.98. The van der Waals surface area contributed by atoms with Gasteiger partial charge in [-0.05, 0) is 18.2 Å². The number of rotatable bonds is 6. The molecule has 32 heavy (non-hydrogen) atoms. The van der Waals surface area contributed by atoms with E-state index in [1.54, 1.807) is 7.05 Å². The van der Waals surface area contributed by atoms with Gasteiger partial charge in [-0.15, -0.1) is 0 Å². The van der Waals surface area contributed by atoms with Gasteiger partial charge >= 0.3 is 11.8 Å². The highest BCUT2D eigenvalue weighted by Crippen LogP contribution is 2.12. The van der Waals surface area contributed by atoms with Crippen LogP contribution in [0.5, 0.6) is 0 Å². The molecule has 2 fully saturated rings. The Labute approximate surface area is 188 Å². The highest BCUT2D eigenvalue weighted by molar-refractivity contribution is 6.35. The Bertz CT molecular complexity index is 850. The minimum Gasteiger partial charge on any atom is -0.368 e. The summed E-state index contributed by atoms with van der Waals surface area (Å²) >= 11 is 0. The van der Waals surface area contributed by atoms with Crippen LogP contribution in [0.1, 0.15) is 11.1 Å². The van der Waals surface area contributed by atoms with Crippen LogP contribution in [0.15, 0.2) is 24.3 Å². The fraction of sp³-hybridized carbons (Fsp3) is 0.545. The zero-order chi connectivity index (χ0) is 23.3. The Morgan fingerprint density at radius 2 is 1.59 bits per heavy atom. The summed E-state index contributed by atoms with van der Waals surface area (Å²) < 4.78 is 0. The molecule has 0 saturated carbocycles. The maximum Gasteiger partial charge on any atom is 0.312 e. The summed E-state index contributed by atoms with van der Waals surface area (Å²) in [5.74, 6) is -2.38. The first kappa shape index (κ1) is 23.7. The fourth-order valence-corrected chi connectivity index (χ4v) is 3.90. The van der Waals surface area contributed by atoms with Gasteiger partial charge in [-0.1, -0.05) is 24.3 Å². The van der Waals surface area contributed by atoms with Crippen molar-refractivity contribution >= 4 is 23.6 Å². The minimum atomic E-state index is -0.716. The largest absolute Gasteiger partial charge is 0.368 e. The summed E-state index contributed by atoms with van der Waals surface area (Å²) in [7, 11) is 3.71. The fourth-order valence-electron chi connectivity index (χ4n) is 3.90. The monoisotopic (exact) mass is 444 g/mol. The van der Waals surface area contributed by atoms with Crippen molar-refractivity contribution in [3.8, 4) is 0 Å². The van der Waals surface area contributed by atoms with Crippen LogP contribution in [0.4, 0.5) is 0 Å². The van der Waals surface area contributed by atoms with Crippen LogP contribution < -0.4 is 5.73 Å². The summed E-state index contributed by atoms with van der Waals surface area (Å²) in [5.41, 5.74) is 7.27. The number of piperazine rings is 2. The molecule has 0 atom stereocenters. The third-order valence-corrected chi connectivity index (χ3v) is 5.93. The van der Waals surface area contributed by atoms with E-state index in [0.717, 1.165) is 38.3 Å². The molecule has 174 valence electrons. The van der Waals surface area contributed by atoms with Crippen LogP contribution in [0.2, 0.25) is 0 Å². The molecule has 0 unspecified atom stereocenters. The van der Waals surface area contributed by atoms with Crippen molar-refractivity contribution in [2.45, 2.75) is 13.1 Å². The molecule has 0 aliphatic carbocycles. The van der Waals surface area contributed by atoms with Gasteiger partial charge in [0.05, 0.1) is 6.54 Å². The predicted octanol–water partition coefficient (Wildman–Crippen LogP) is -1.45. The van der Waals surface area contributed by atoms with Crippen molar-refractivity contribution in [3.63, 3.8) is 0 Å². The molecular formula is C22H32N6O4. The van der Waals surface area contributed by atoms with Gasteiger partial charge in [0.1, 0.15) is 6.54 Å². The Morgan fingerprint density at radius 1 is 0.969 bits per heavy atom. The molecule has 10 nitrogen and oxygen atoms in total. The summed E-state index contributed by atoms with van der Waals surface area (Å²) in [4.78, 5) is 56.9. The van der Waals surface area contributed by atoms with Gasteiger partial charge in [0.25, 0.3) is 0 Å².